The number of benzene rings is 1. The predicted octanol–water partition coefficient (Wildman–Crippen LogP) is 2.84. The van der Waals surface area contributed by atoms with Crippen LogP contribution in [0.2, 0.25) is 0 Å². The van der Waals surface area contributed by atoms with Crippen molar-refractivity contribution in [2.75, 3.05) is 11.5 Å². The molecule has 0 unspecified atom stereocenters. The molecule has 14 heavy (non-hydrogen) atoms. The Kier molecular flexibility index (Phi) is 4.93. The fourth-order valence-electron chi connectivity index (χ4n) is 1.20. The lowest BCUT2D eigenvalue weighted by atomic mass is 10.1. The third kappa shape index (κ3) is 3.29. The zero-order valence-electron chi connectivity index (χ0n) is 8.13. The minimum atomic E-state index is -0.273. The quantitative estimate of drug-likeness (QED) is 0.486. The van der Waals surface area contributed by atoms with Crippen LogP contribution in [0, 0.1) is 0 Å². The average Bonchev–Trinajstić information content (AvgIpc) is 2.26. The number of methoxy groups -OCH3 is 1. The SMILES string of the molecule is COC(=O)c1ccc(CCCI)cc1. The van der Waals surface area contributed by atoms with Gasteiger partial charge in [0, 0.05) is 0 Å². The molecular formula is C11H13IO2. The third-order valence-electron chi connectivity index (χ3n) is 1.97. The van der Waals surface area contributed by atoms with Crippen LogP contribution in [-0.2, 0) is 11.2 Å². The molecule has 0 radical (unpaired) electrons. The summed E-state index contributed by atoms with van der Waals surface area (Å²) >= 11 is 2.36. The molecule has 1 aromatic carbocycles. The molecule has 0 fully saturated rings. The van der Waals surface area contributed by atoms with E-state index in [1.165, 1.54) is 19.1 Å². The summed E-state index contributed by atoms with van der Waals surface area (Å²) in [6, 6.07) is 7.60. The van der Waals surface area contributed by atoms with E-state index < -0.39 is 0 Å². The highest BCUT2D eigenvalue weighted by Crippen LogP contribution is 2.08. The van der Waals surface area contributed by atoms with Gasteiger partial charge in [0.25, 0.3) is 0 Å². The van der Waals surface area contributed by atoms with E-state index in [9.17, 15) is 4.79 Å². The first kappa shape index (κ1) is 11.5. The monoisotopic (exact) mass is 304 g/mol. The van der Waals surface area contributed by atoms with Gasteiger partial charge in [0.15, 0.2) is 0 Å². The lowest BCUT2D eigenvalue weighted by Crippen LogP contribution is -2.00. The smallest absolute Gasteiger partial charge is 0.337 e. The third-order valence-corrected chi connectivity index (χ3v) is 2.74. The zero-order chi connectivity index (χ0) is 10.4. The minimum absolute atomic E-state index is 0.273. The van der Waals surface area contributed by atoms with Crippen molar-refractivity contribution in [1.82, 2.24) is 0 Å². The van der Waals surface area contributed by atoms with E-state index in [2.05, 4.69) is 27.3 Å². The summed E-state index contributed by atoms with van der Waals surface area (Å²) in [7, 11) is 1.40. The molecule has 0 aromatic heterocycles. The molecule has 2 nitrogen and oxygen atoms in total. The molecule has 3 heteroatoms. The number of esters is 1. The van der Waals surface area contributed by atoms with Crippen molar-refractivity contribution in [3.63, 3.8) is 0 Å². The number of rotatable bonds is 4. The molecular weight excluding hydrogens is 291 g/mol. The molecule has 0 saturated heterocycles. The van der Waals surface area contributed by atoms with E-state index in [4.69, 9.17) is 0 Å². The summed E-state index contributed by atoms with van der Waals surface area (Å²) in [5.74, 6) is -0.273. The van der Waals surface area contributed by atoms with Crippen molar-refractivity contribution in [2.24, 2.45) is 0 Å². The molecule has 0 N–H and O–H groups in total. The number of hydrogen-bond donors (Lipinski definition) is 0. The van der Waals surface area contributed by atoms with Gasteiger partial charge in [0.1, 0.15) is 0 Å². The Labute approximate surface area is 97.8 Å². The minimum Gasteiger partial charge on any atom is -0.465 e. The summed E-state index contributed by atoms with van der Waals surface area (Å²) < 4.78 is 5.78. The molecule has 1 aromatic rings. The average molecular weight is 304 g/mol. The molecule has 0 atom stereocenters. The molecule has 0 aliphatic rings. The number of carbonyl (C=O) groups excluding carboxylic acids is 1. The van der Waals surface area contributed by atoms with E-state index >= 15 is 0 Å². The van der Waals surface area contributed by atoms with Crippen LogP contribution in [0.1, 0.15) is 22.3 Å². The van der Waals surface area contributed by atoms with Crippen molar-refractivity contribution in [1.29, 1.82) is 0 Å². The second kappa shape index (κ2) is 6.01. The number of alkyl halides is 1. The van der Waals surface area contributed by atoms with Crippen molar-refractivity contribution in [3.8, 4) is 0 Å². The maximum absolute atomic E-state index is 11.1. The summed E-state index contributed by atoms with van der Waals surface area (Å²) in [4.78, 5) is 11.1. The lowest BCUT2D eigenvalue weighted by molar-refractivity contribution is 0.0600. The summed E-state index contributed by atoms with van der Waals surface area (Å²) in [6.45, 7) is 0. The van der Waals surface area contributed by atoms with Gasteiger partial charge in [-0.2, -0.15) is 0 Å². The fraction of sp³-hybridized carbons (Fsp3) is 0.364. The molecule has 0 aliphatic heterocycles. The molecule has 76 valence electrons. The molecule has 0 spiro atoms. The highest BCUT2D eigenvalue weighted by atomic mass is 127. The molecule has 0 aliphatic carbocycles. The number of halogens is 1. The summed E-state index contributed by atoms with van der Waals surface area (Å²) in [5.41, 5.74) is 1.89. The normalized spacial score (nSPS) is 9.86. The number of aryl methyl sites for hydroxylation is 1. The molecule has 0 amide bonds. The van der Waals surface area contributed by atoms with E-state index in [1.807, 2.05) is 24.3 Å². The second-order valence-electron chi connectivity index (χ2n) is 2.98. The number of carbonyl (C=O) groups is 1. The standard InChI is InChI=1S/C11H13IO2/c1-14-11(13)10-6-4-9(5-7-10)3-2-8-12/h4-7H,2-3,8H2,1H3. The van der Waals surface area contributed by atoms with Gasteiger partial charge in [-0.3, -0.25) is 0 Å². The second-order valence-corrected chi connectivity index (χ2v) is 4.06. The van der Waals surface area contributed by atoms with Crippen molar-refractivity contribution < 1.29 is 9.53 Å². The van der Waals surface area contributed by atoms with E-state index in [-0.39, 0.29) is 5.97 Å². The summed E-state index contributed by atoms with van der Waals surface area (Å²) in [6.07, 6.45) is 2.25. The summed E-state index contributed by atoms with van der Waals surface area (Å²) in [5, 5.41) is 0. The van der Waals surface area contributed by atoms with Gasteiger partial charge in [-0.25, -0.2) is 4.79 Å². The van der Waals surface area contributed by atoms with Gasteiger partial charge in [-0.15, -0.1) is 0 Å². The van der Waals surface area contributed by atoms with Gasteiger partial charge in [0.2, 0.25) is 0 Å². The number of ether oxygens (including phenoxy) is 1. The Morgan fingerprint density at radius 1 is 1.36 bits per heavy atom. The van der Waals surface area contributed by atoms with Crippen LogP contribution in [0.15, 0.2) is 24.3 Å². The highest BCUT2D eigenvalue weighted by Gasteiger charge is 2.03. The Bertz CT molecular complexity index is 293. The van der Waals surface area contributed by atoms with Gasteiger partial charge < -0.3 is 4.74 Å². The van der Waals surface area contributed by atoms with Gasteiger partial charge in [-0.1, -0.05) is 34.7 Å². The predicted molar refractivity (Wildman–Crippen MR) is 65.0 cm³/mol. The van der Waals surface area contributed by atoms with Crippen molar-refractivity contribution in [3.05, 3.63) is 35.4 Å². The van der Waals surface area contributed by atoms with Gasteiger partial charge >= 0.3 is 5.97 Å². The van der Waals surface area contributed by atoms with E-state index in [0.717, 1.165) is 10.8 Å². The van der Waals surface area contributed by atoms with E-state index in [1.54, 1.807) is 0 Å². The Morgan fingerprint density at radius 3 is 2.50 bits per heavy atom. The molecule has 0 saturated carbocycles. The van der Waals surface area contributed by atoms with Crippen molar-refractivity contribution in [2.45, 2.75) is 12.8 Å². The van der Waals surface area contributed by atoms with Crippen LogP contribution in [0.5, 0.6) is 0 Å². The largest absolute Gasteiger partial charge is 0.465 e. The molecule has 0 bridgehead atoms. The Morgan fingerprint density at radius 2 is 2.00 bits per heavy atom. The van der Waals surface area contributed by atoms with Crippen LogP contribution in [-0.4, -0.2) is 17.5 Å². The van der Waals surface area contributed by atoms with Gasteiger partial charge in [0.05, 0.1) is 12.7 Å². The number of hydrogen-bond acceptors (Lipinski definition) is 2. The maximum Gasteiger partial charge on any atom is 0.337 e. The van der Waals surface area contributed by atoms with Gasteiger partial charge in [-0.05, 0) is 35.0 Å². The van der Waals surface area contributed by atoms with Crippen LogP contribution in [0.3, 0.4) is 0 Å². The Hall–Kier alpha value is -0.580. The van der Waals surface area contributed by atoms with E-state index in [0.29, 0.717) is 5.56 Å². The molecule has 1 rings (SSSR count). The lowest BCUT2D eigenvalue weighted by Gasteiger charge is -2.01. The zero-order valence-corrected chi connectivity index (χ0v) is 10.3. The first-order valence-corrected chi connectivity index (χ1v) is 6.03. The van der Waals surface area contributed by atoms with Crippen LogP contribution in [0.25, 0.3) is 0 Å². The fourth-order valence-corrected chi connectivity index (χ4v) is 1.58. The Balaban J connectivity index is 2.63. The molecule has 0 heterocycles. The topological polar surface area (TPSA) is 26.3 Å². The van der Waals surface area contributed by atoms with Crippen LogP contribution >= 0.6 is 22.6 Å². The van der Waals surface area contributed by atoms with Crippen LogP contribution < -0.4 is 0 Å². The van der Waals surface area contributed by atoms with Crippen LogP contribution in [0.4, 0.5) is 0 Å². The first-order chi connectivity index (χ1) is 6.77. The highest BCUT2D eigenvalue weighted by molar-refractivity contribution is 14.1. The first-order valence-electron chi connectivity index (χ1n) is 4.51. The van der Waals surface area contributed by atoms with Crippen molar-refractivity contribution >= 4 is 28.6 Å². The maximum atomic E-state index is 11.1.